The van der Waals surface area contributed by atoms with Gasteiger partial charge in [-0.25, -0.2) is 0 Å². The van der Waals surface area contributed by atoms with Gasteiger partial charge in [0.15, 0.2) is 0 Å². The quantitative estimate of drug-likeness (QED) is 0.551. The Morgan fingerprint density at radius 2 is 2.13 bits per heavy atom. The van der Waals surface area contributed by atoms with Gasteiger partial charge in [0, 0.05) is 17.8 Å². The summed E-state index contributed by atoms with van der Waals surface area (Å²) in [6, 6.07) is 0. The van der Waals surface area contributed by atoms with E-state index >= 15 is 0 Å². The second kappa shape index (κ2) is 5.19. The third-order valence-corrected chi connectivity index (χ3v) is 2.52. The van der Waals surface area contributed by atoms with E-state index in [1.165, 1.54) is 6.08 Å². The lowest BCUT2D eigenvalue weighted by molar-refractivity contribution is -0.124. The first-order valence-corrected chi connectivity index (χ1v) is 5.18. The van der Waals surface area contributed by atoms with Crippen LogP contribution in [-0.4, -0.2) is 17.4 Å². The van der Waals surface area contributed by atoms with Crippen molar-refractivity contribution in [2.45, 2.75) is 6.42 Å². The van der Waals surface area contributed by atoms with E-state index in [0.717, 1.165) is 6.42 Å². The number of nitrogens with zero attached hydrogens (tertiary/aromatic N) is 1. The van der Waals surface area contributed by atoms with Gasteiger partial charge in [-0.1, -0.05) is 42.4 Å². The minimum absolute atomic E-state index is 0.130. The SMILES string of the molecule is C=C/C(Cl)=C(\C(=C)Cl)C(=O)N1C=CCC1. The maximum absolute atomic E-state index is 11.9. The van der Waals surface area contributed by atoms with Gasteiger partial charge >= 0.3 is 0 Å². The van der Waals surface area contributed by atoms with Crippen LogP contribution < -0.4 is 0 Å². The highest BCUT2D eigenvalue weighted by molar-refractivity contribution is 6.40. The number of rotatable bonds is 3. The van der Waals surface area contributed by atoms with E-state index in [9.17, 15) is 4.79 Å². The maximum atomic E-state index is 11.9. The van der Waals surface area contributed by atoms with Gasteiger partial charge in [-0.2, -0.15) is 0 Å². The second-order valence-corrected chi connectivity index (χ2v) is 3.87. The van der Waals surface area contributed by atoms with Gasteiger partial charge in [0.2, 0.25) is 0 Å². The van der Waals surface area contributed by atoms with Crippen molar-refractivity contribution in [1.82, 2.24) is 4.90 Å². The van der Waals surface area contributed by atoms with Crippen LogP contribution in [0.1, 0.15) is 6.42 Å². The van der Waals surface area contributed by atoms with Gasteiger partial charge in [0.05, 0.1) is 10.6 Å². The molecular weight excluding hydrogens is 233 g/mol. The molecule has 1 aliphatic heterocycles. The molecule has 4 heteroatoms. The Kier molecular flexibility index (Phi) is 4.18. The van der Waals surface area contributed by atoms with Crippen molar-refractivity contribution in [1.29, 1.82) is 0 Å². The largest absolute Gasteiger partial charge is 0.315 e. The first kappa shape index (κ1) is 12.1. The molecule has 0 saturated heterocycles. The van der Waals surface area contributed by atoms with Crippen LogP contribution in [0.5, 0.6) is 0 Å². The topological polar surface area (TPSA) is 20.3 Å². The zero-order valence-corrected chi connectivity index (χ0v) is 9.68. The maximum Gasteiger partial charge on any atom is 0.260 e. The molecule has 0 aromatic rings. The molecule has 1 amide bonds. The average molecular weight is 244 g/mol. The highest BCUT2D eigenvalue weighted by atomic mass is 35.5. The summed E-state index contributed by atoms with van der Waals surface area (Å²) in [7, 11) is 0. The zero-order chi connectivity index (χ0) is 11.4. The minimum Gasteiger partial charge on any atom is -0.315 e. The predicted molar refractivity (Wildman–Crippen MR) is 63.5 cm³/mol. The molecule has 80 valence electrons. The van der Waals surface area contributed by atoms with Crippen molar-refractivity contribution in [3.8, 4) is 0 Å². The lowest BCUT2D eigenvalue weighted by Crippen LogP contribution is -2.25. The van der Waals surface area contributed by atoms with Gasteiger partial charge in [-0.15, -0.1) is 0 Å². The molecule has 0 aromatic carbocycles. The van der Waals surface area contributed by atoms with Crippen LogP contribution >= 0.6 is 23.2 Å². The molecule has 0 N–H and O–H groups in total. The molecule has 0 radical (unpaired) electrons. The van der Waals surface area contributed by atoms with Crippen LogP contribution in [0.4, 0.5) is 0 Å². The van der Waals surface area contributed by atoms with Gasteiger partial charge < -0.3 is 4.90 Å². The van der Waals surface area contributed by atoms with E-state index in [0.29, 0.717) is 6.54 Å². The molecular formula is C11H11Cl2NO. The summed E-state index contributed by atoms with van der Waals surface area (Å²) in [6.45, 7) is 7.66. The fraction of sp³-hybridized carbons (Fsp3) is 0.182. The summed E-state index contributed by atoms with van der Waals surface area (Å²) >= 11 is 11.6. The zero-order valence-electron chi connectivity index (χ0n) is 8.17. The van der Waals surface area contributed by atoms with Crippen LogP contribution in [-0.2, 0) is 4.79 Å². The van der Waals surface area contributed by atoms with Gasteiger partial charge in [-0.3, -0.25) is 4.79 Å². The lowest BCUT2D eigenvalue weighted by atomic mass is 10.2. The molecule has 0 aliphatic carbocycles. The van der Waals surface area contributed by atoms with Gasteiger partial charge in [0.25, 0.3) is 5.91 Å². The number of hydrogen-bond donors (Lipinski definition) is 0. The normalized spacial score (nSPS) is 16.3. The fourth-order valence-corrected chi connectivity index (χ4v) is 1.68. The molecule has 0 bridgehead atoms. The Morgan fingerprint density at radius 1 is 1.47 bits per heavy atom. The number of carbonyl (C=O) groups is 1. The average Bonchev–Trinajstić information content (AvgIpc) is 2.69. The van der Waals surface area contributed by atoms with Crippen molar-refractivity contribution in [3.05, 3.63) is 47.1 Å². The summed E-state index contributed by atoms with van der Waals surface area (Å²) < 4.78 is 0. The molecule has 1 rings (SSSR count). The molecule has 1 heterocycles. The number of allylic oxidation sites excluding steroid dienone is 2. The van der Waals surface area contributed by atoms with Crippen LogP contribution in [0.3, 0.4) is 0 Å². The lowest BCUT2D eigenvalue weighted by Gasteiger charge is -2.15. The molecule has 15 heavy (non-hydrogen) atoms. The fourth-order valence-electron chi connectivity index (χ4n) is 1.25. The smallest absolute Gasteiger partial charge is 0.260 e. The Labute approximate surface area is 99.2 Å². The van der Waals surface area contributed by atoms with E-state index in [4.69, 9.17) is 23.2 Å². The summed E-state index contributed by atoms with van der Waals surface area (Å²) in [5.74, 6) is -0.242. The van der Waals surface area contributed by atoms with E-state index in [-0.39, 0.29) is 21.5 Å². The van der Waals surface area contributed by atoms with Crippen LogP contribution in [0.15, 0.2) is 47.1 Å². The molecule has 0 spiro atoms. The molecule has 0 saturated carbocycles. The second-order valence-electron chi connectivity index (χ2n) is 3.00. The summed E-state index contributed by atoms with van der Waals surface area (Å²) in [5.41, 5.74) is 0.208. The standard InChI is InChI=1S/C11H11Cl2NO/c1-3-9(13)10(8(2)12)11(15)14-6-4-5-7-14/h3-4,6H,1-2,5,7H2/b10-9-. The Hall–Kier alpha value is -0.990. The first-order valence-electron chi connectivity index (χ1n) is 4.42. The molecule has 0 aromatic heterocycles. The first-order chi connectivity index (χ1) is 7.07. The number of halogens is 2. The Morgan fingerprint density at radius 3 is 2.53 bits per heavy atom. The van der Waals surface area contributed by atoms with Gasteiger partial charge in [0.1, 0.15) is 0 Å². The summed E-state index contributed by atoms with van der Waals surface area (Å²) in [6.07, 6.45) is 5.85. The molecule has 0 fully saturated rings. The number of hydrogen-bond acceptors (Lipinski definition) is 1. The monoisotopic (exact) mass is 243 g/mol. The summed E-state index contributed by atoms with van der Waals surface area (Å²) in [5, 5.41) is 0.352. The third kappa shape index (κ3) is 2.74. The molecule has 2 nitrogen and oxygen atoms in total. The van der Waals surface area contributed by atoms with E-state index in [1.54, 1.807) is 11.1 Å². The van der Waals surface area contributed by atoms with E-state index in [1.807, 2.05) is 6.08 Å². The van der Waals surface area contributed by atoms with Crippen molar-refractivity contribution in [2.24, 2.45) is 0 Å². The third-order valence-electron chi connectivity index (χ3n) is 1.99. The van der Waals surface area contributed by atoms with Crippen LogP contribution in [0.25, 0.3) is 0 Å². The van der Waals surface area contributed by atoms with Gasteiger partial charge in [-0.05, 0) is 12.5 Å². The van der Waals surface area contributed by atoms with Crippen LogP contribution in [0.2, 0.25) is 0 Å². The highest BCUT2D eigenvalue weighted by Crippen LogP contribution is 2.24. The minimum atomic E-state index is -0.242. The summed E-state index contributed by atoms with van der Waals surface area (Å²) in [4.78, 5) is 13.5. The van der Waals surface area contributed by atoms with Crippen molar-refractivity contribution < 1.29 is 4.79 Å². The van der Waals surface area contributed by atoms with Crippen molar-refractivity contribution in [2.75, 3.05) is 6.54 Å². The van der Waals surface area contributed by atoms with Crippen molar-refractivity contribution in [3.63, 3.8) is 0 Å². The number of carbonyl (C=O) groups excluding carboxylic acids is 1. The van der Waals surface area contributed by atoms with E-state index in [2.05, 4.69) is 13.2 Å². The number of amides is 1. The molecule has 0 unspecified atom stereocenters. The van der Waals surface area contributed by atoms with Crippen LogP contribution in [0, 0.1) is 0 Å². The molecule has 1 aliphatic rings. The van der Waals surface area contributed by atoms with Crippen molar-refractivity contribution >= 4 is 29.1 Å². The Balaban J connectivity index is 3.00. The highest BCUT2D eigenvalue weighted by Gasteiger charge is 2.21. The van der Waals surface area contributed by atoms with E-state index < -0.39 is 0 Å². The predicted octanol–water partition coefficient (Wildman–Crippen LogP) is 3.16. The molecule has 0 atom stereocenters. The Bertz CT molecular complexity index is 369.